The molecule has 2 aromatic carbocycles. The maximum atomic E-state index is 9.20. The summed E-state index contributed by atoms with van der Waals surface area (Å²) in [5.74, 6) is 1.64. The highest BCUT2D eigenvalue weighted by molar-refractivity contribution is 5.39. The SMILES string of the molecule is COc1ccc(CO)cc1COc1ccc(C)cc1C. The first-order valence-electron chi connectivity index (χ1n) is 6.60. The van der Waals surface area contributed by atoms with Gasteiger partial charge in [0.05, 0.1) is 13.7 Å². The summed E-state index contributed by atoms with van der Waals surface area (Å²) in [5, 5.41) is 9.20. The first kappa shape index (κ1) is 14.4. The molecule has 0 heterocycles. The zero-order valence-corrected chi connectivity index (χ0v) is 12.1. The average molecular weight is 272 g/mol. The highest BCUT2D eigenvalue weighted by atomic mass is 16.5. The number of hydrogen-bond acceptors (Lipinski definition) is 3. The maximum absolute atomic E-state index is 9.20. The molecule has 106 valence electrons. The zero-order chi connectivity index (χ0) is 14.5. The van der Waals surface area contributed by atoms with Crippen molar-refractivity contribution >= 4 is 0 Å². The molecular formula is C17H20O3. The molecule has 0 aliphatic carbocycles. The van der Waals surface area contributed by atoms with E-state index in [0.29, 0.717) is 6.61 Å². The Bertz CT molecular complexity index is 591. The molecule has 0 aliphatic rings. The predicted molar refractivity (Wildman–Crippen MR) is 79.2 cm³/mol. The fraction of sp³-hybridized carbons (Fsp3) is 0.294. The number of hydrogen-bond donors (Lipinski definition) is 1. The van der Waals surface area contributed by atoms with Crippen LogP contribution in [-0.4, -0.2) is 12.2 Å². The van der Waals surface area contributed by atoms with Crippen LogP contribution in [0.25, 0.3) is 0 Å². The van der Waals surface area contributed by atoms with Gasteiger partial charge in [-0.3, -0.25) is 0 Å². The molecule has 0 bridgehead atoms. The zero-order valence-electron chi connectivity index (χ0n) is 12.1. The lowest BCUT2D eigenvalue weighted by Crippen LogP contribution is -2.01. The quantitative estimate of drug-likeness (QED) is 0.906. The van der Waals surface area contributed by atoms with Gasteiger partial charge in [0.1, 0.15) is 18.1 Å². The van der Waals surface area contributed by atoms with Crippen molar-refractivity contribution in [1.82, 2.24) is 0 Å². The Kier molecular flexibility index (Phi) is 4.64. The normalized spacial score (nSPS) is 10.4. The summed E-state index contributed by atoms with van der Waals surface area (Å²) in [6, 6.07) is 11.7. The molecule has 2 rings (SSSR count). The first-order chi connectivity index (χ1) is 9.63. The Labute approximate surface area is 119 Å². The molecule has 2 aromatic rings. The Morgan fingerprint density at radius 2 is 1.75 bits per heavy atom. The molecule has 20 heavy (non-hydrogen) atoms. The van der Waals surface area contributed by atoms with Crippen molar-refractivity contribution < 1.29 is 14.6 Å². The van der Waals surface area contributed by atoms with Crippen molar-refractivity contribution in [1.29, 1.82) is 0 Å². The molecule has 0 saturated carbocycles. The van der Waals surface area contributed by atoms with E-state index in [4.69, 9.17) is 9.47 Å². The van der Waals surface area contributed by atoms with Gasteiger partial charge in [0.15, 0.2) is 0 Å². The third kappa shape index (κ3) is 3.31. The topological polar surface area (TPSA) is 38.7 Å². The van der Waals surface area contributed by atoms with Gasteiger partial charge in [0.2, 0.25) is 0 Å². The minimum atomic E-state index is 0.0144. The van der Waals surface area contributed by atoms with Crippen LogP contribution in [0, 0.1) is 13.8 Å². The lowest BCUT2D eigenvalue weighted by molar-refractivity contribution is 0.278. The lowest BCUT2D eigenvalue weighted by Gasteiger charge is -2.13. The molecule has 0 aliphatic heterocycles. The van der Waals surface area contributed by atoms with E-state index in [1.165, 1.54) is 5.56 Å². The van der Waals surface area contributed by atoms with Gasteiger partial charge in [-0.2, -0.15) is 0 Å². The van der Waals surface area contributed by atoms with Crippen molar-refractivity contribution in [3.05, 3.63) is 58.7 Å². The van der Waals surface area contributed by atoms with Crippen LogP contribution in [0.1, 0.15) is 22.3 Å². The van der Waals surface area contributed by atoms with Crippen LogP contribution >= 0.6 is 0 Å². The van der Waals surface area contributed by atoms with Gasteiger partial charge < -0.3 is 14.6 Å². The molecule has 3 heteroatoms. The Morgan fingerprint density at radius 1 is 1.00 bits per heavy atom. The predicted octanol–water partition coefficient (Wildman–Crippen LogP) is 3.38. The molecule has 0 fully saturated rings. The van der Waals surface area contributed by atoms with E-state index in [-0.39, 0.29) is 6.61 Å². The highest BCUT2D eigenvalue weighted by Gasteiger charge is 2.07. The van der Waals surface area contributed by atoms with E-state index in [0.717, 1.165) is 28.2 Å². The van der Waals surface area contributed by atoms with E-state index in [2.05, 4.69) is 13.0 Å². The second-order valence-electron chi connectivity index (χ2n) is 4.86. The van der Waals surface area contributed by atoms with Gasteiger partial charge in [-0.15, -0.1) is 0 Å². The molecule has 1 N–H and O–H groups in total. The average Bonchev–Trinajstić information content (AvgIpc) is 2.46. The van der Waals surface area contributed by atoms with Gasteiger partial charge >= 0.3 is 0 Å². The fourth-order valence-electron chi connectivity index (χ4n) is 2.16. The van der Waals surface area contributed by atoms with E-state index in [9.17, 15) is 5.11 Å². The third-order valence-corrected chi connectivity index (χ3v) is 3.24. The standard InChI is InChI=1S/C17H20O3/c1-12-4-6-16(13(2)8-12)20-11-15-9-14(10-18)5-7-17(15)19-3/h4-9,18H,10-11H2,1-3H3. The molecule has 0 atom stereocenters. The number of aryl methyl sites for hydroxylation is 2. The largest absolute Gasteiger partial charge is 0.496 e. The Balaban J connectivity index is 2.17. The minimum absolute atomic E-state index is 0.0144. The molecular weight excluding hydrogens is 252 g/mol. The van der Waals surface area contributed by atoms with Crippen LogP contribution in [-0.2, 0) is 13.2 Å². The van der Waals surface area contributed by atoms with Crippen LogP contribution in [0.2, 0.25) is 0 Å². The van der Waals surface area contributed by atoms with Gasteiger partial charge in [-0.25, -0.2) is 0 Å². The summed E-state index contributed by atoms with van der Waals surface area (Å²) in [6.07, 6.45) is 0. The molecule has 0 spiro atoms. The maximum Gasteiger partial charge on any atom is 0.125 e. The van der Waals surface area contributed by atoms with Crippen LogP contribution in [0.3, 0.4) is 0 Å². The second kappa shape index (κ2) is 6.44. The smallest absolute Gasteiger partial charge is 0.125 e. The molecule has 0 unspecified atom stereocenters. The van der Waals surface area contributed by atoms with E-state index >= 15 is 0 Å². The van der Waals surface area contributed by atoms with Crippen molar-refractivity contribution in [2.75, 3.05) is 7.11 Å². The molecule has 0 aromatic heterocycles. The number of ether oxygens (including phenoxy) is 2. The van der Waals surface area contributed by atoms with E-state index in [1.807, 2.05) is 37.3 Å². The number of aliphatic hydroxyl groups is 1. The number of aliphatic hydroxyl groups excluding tert-OH is 1. The highest BCUT2D eigenvalue weighted by Crippen LogP contribution is 2.24. The lowest BCUT2D eigenvalue weighted by atomic mass is 10.1. The summed E-state index contributed by atoms with van der Waals surface area (Å²) in [4.78, 5) is 0. The molecule has 0 amide bonds. The van der Waals surface area contributed by atoms with Crippen LogP contribution in [0.4, 0.5) is 0 Å². The summed E-state index contributed by atoms with van der Waals surface area (Å²) in [6.45, 7) is 4.52. The Hall–Kier alpha value is -2.00. The van der Waals surface area contributed by atoms with Crippen molar-refractivity contribution in [3.8, 4) is 11.5 Å². The number of methoxy groups -OCH3 is 1. The second-order valence-corrected chi connectivity index (χ2v) is 4.86. The first-order valence-corrected chi connectivity index (χ1v) is 6.60. The molecule has 0 radical (unpaired) electrons. The van der Waals surface area contributed by atoms with Gasteiger partial charge in [0, 0.05) is 5.56 Å². The van der Waals surface area contributed by atoms with Crippen molar-refractivity contribution in [3.63, 3.8) is 0 Å². The Morgan fingerprint density at radius 3 is 2.40 bits per heavy atom. The van der Waals surface area contributed by atoms with Crippen LogP contribution < -0.4 is 9.47 Å². The number of benzene rings is 2. The van der Waals surface area contributed by atoms with Crippen molar-refractivity contribution in [2.45, 2.75) is 27.1 Å². The van der Waals surface area contributed by atoms with E-state index < -0.39 is 0 Å². The van der Waals surface area contributed by atoms with Crippen molar-refractivity contribution in [2.24, 2.45) is 0 Å². The van der Waals surface area contributed by atoms with Crippen LogP contribution in [0.5, 0.6) is 11.5 Å². The van der Waals surface area contributed by atoms with Gasteiger partial charge in [-0.05, 0) is 43.2 Å². The van der Waals surface area contributed by atoms with Crippen LogP contribution in [0.15, 0.2) is 36.4 Å². The summed E-state index contributed by atoms with van der Waals surface area (Å²) in [7, 11) is 1.63. The summed E-state index contributed by atoms with van der Waals surface area (Å²) >= 11 is 0. The summed E-state index contributed by atoms with van der Waals surface area (Å²) < 4.78 is 11.2. The van der Waals surface area contributed by atoms with E-state index in [1.54, 1.807) is 7.11 Å². The molecule has 0 saturated heterocycles. The van der Waals surface area contributed by atoms with Gasteiger partial charge in [0.25, 0.3) is 0 Å². The fourth-order valence-corrected chi connectivity index (χ4v) is 2.16. The monoisotopic (exact) mass is 272 g/mol. The number of rotatable bonds is 5. The molecule has 3 nitrogen and oxygen atoms in total. The van der Waals surface area contributed by atoms with Gasteiger partial charge in [-0.1, -0.05) is 23.8 Å². The minimum Gasteiger partial charge on any atom is -0.496 e. The summed E-state index contributed by atoms with van der Waals surface area (Å²) in [5.41, 5.74) is 4.11. The third-order valence-electron chi connectivity index (χ3n) is 3.24.